The van der Waals surface area contributed by atoms with Crippen LogP contribution in [-0.2, 0) is 19.4 Å². The van der Waals surface area contributed by atoms with E-state index in [2.05, 4.69) is 9.88 Å². The molecule has 26 heavy (non-hydrogen) atoms. The minimum absolute atomic E-state index is 0.0329. The lowest BCUT2D eigenvalue weighted by atomic mass is 10.1. The van der Waals surface area contributed by atoms with E-state index >= 15 is 0 Å². The predicted molar refractivity (Wildman–Crippen MR) is 100 cm³/mol. The fourth-order valence-electron chi connectivity index (χ4n) is 3.52. The van der Waals surface area contributed by atoms with E-state index in [0.29, 0.717) is 38.4 Å². The van der Waals surface area contributed by atoms with Gasteiger partial charge in [-0.3, -0.25) is 4.79 Å². The van der Waals surface area contributed by atoms with E-state index in [-0.39, 0.29) is 16.7 Å². The van der Waals surface area contributed by atoms with Crippen molar-refractivity contribution in [2.45, 2.75) is 11.3 Å². The van der Waals surface area contributed by atoms with Gasteiger partial charge in [0.15, 0.2) is 15.0 Å². The largest absolute Gasteiger partial charge is 0.378 e. The first-order valence-electron chi connectivity index (χ1n) is 8.64. The minimum atomic E-state index is -3.33. The number of nitrogens with zero attached hydrogens (tertiary/aromatic N) is 3. The van der Waals surface area contributed by atoms with Crippen LogP contribution in [0.2, 0.25) is 0 Å². The third-order valence-corrected chi connectivity index (χ3v) is 7.11. The highest BCUT2D eigenvalue weighted by molar-refractivity contribution is 7.91. The number of aromatic nitrogens is 1. The standard InChI is InChI=1S/C17H21N3O4S2/c1-26(22,23)14-4-2-3-13-15(14)18-17(25-13)20-6-5-12(11-20)16(21)19-7-9-24-10-8-19/h2-4,12H,5-11H2,1H3. The van der Waals surface area contributed by atoms with Crippen LogP contribution in [0.15, 0.2) is 23.1 Å². The second-order valence-corrected chi connectivity index (χ2v) is 9.73. The Labute approximate surface area is 156 Å². The van der Waals surface area contributed by atoms with Crippen molar-refractivity contribution >= 4 is 42.4 Å². The highest BCUT2D eigenvalue weighted by Crippen LogP contribution is 2.35. The van der Waals surface area contributed by atoms with Gasteiger partial charge in [0.05, 0.1) is 28.7 Å². The van der Waals surface area contributed by atoms with Gasteiger partial charge in [-0.15, -0.1) is 0 Å². The Kier molecular flexibility index (Phi) is 4.62. The summed E-state index contributed by atoms with van der Waals surface area (Å²) in [6.45, 7) is 3.92. The molecule has 9 heteroatoms. The number of thiazole rings is 1. The van der Waals surface area contributed by atoms with Crippen LogP contribution >= 0.6 is 11.3 Å². The summed E-state index contributed by atoms with van der Waals surface area (Å²) in [7, 11) is -3.33. The van der Waals surface area contributed by atoms with Crippen LogP contribution in [0.1, 0.15) is 6.42 Å². The zero-order chi connectivity index (χ0) is 18.3. The fraction of sp³-hybridized carbons (Fsp3) is 0.529. The van der Waals surface area contributed by atoms with E-state index < -0.39 is 9.84 Å². The Morgan fingerprint density at radius 3 is 2.77 bits per heavy atom. The number of anilines is 1. The van der Waals surface area contributed by atoms with Crippen LogP contribution in [0.5, 0.6) is 0 Å². The average Bonchev–Trinajstić information content (AvgIpc) is 3.27. The lowest BCUT2D eigenvalue weighted by Gasteiger charge is -2.29. The van der Waals surface area contributed by atoms with E-state index in [0.717, 1.165) is 22.8 Å². The Morgan fingerprint density at radius 2 is 2.04 bits per heavy atom. The molecule has 140 valence electrons. The lowest BCUT2D eigenvalue weighted by Crippen LogP contribution is -2.44. The summed E-state index contributed by atoms with van der Waals surface area (Å²) in [4.78, 5) is 21.5. The molecule has 1 atom stereocenters. The molecule has 2 aromatic rings. The molecule has 0 saturated carbocycles. The number of morpholine rings is 1. The van der Waals surface area contributed by atoms with Gasteiger partial charge < -0.3 is 14.5 Å². The van der Waals surface area contributed by atoms with E-state index in [1.807, 2.05) is 11.0 Å². The molecule has 2 saturated heterocycles. The van der Waals surface area contributed by atoms with E-state index in [1.54, 1.807) is 12.1 Å². The van der Waals surface area contributed by atoms with Crippen molar-refractivity contribution < 1.29 is 17.9 Å². The van der Waals surface area contributed by atoms with Gasteiger partial charge >= 0.3 is 0 Å². The molecule has 1 aromatic carbocycles. The normalized spacial score (nSPS) is 21.5. The van der Waals surface area contributed by atoms with Gasteiger partial charge in [-0.1, -0.05) is 17.4 Å². The van der Waals surface area contributed by atoms with Gasteiger partial charge in [-0.25, -0.2) is 13.4 Å². The third-order valence-electron chi connectivity index (χ3n) is 4.90. The van der Waals surface area contributed by atoms with Crippen molar-refractivity contribution in [3.8, 4) is 0 Å². The van der Waals surface area contributed by atoms with E-state index in [4.69, 9.17) is 4.74 Å². The van der Waals surface area contributed by atoms with Crippen LogP contribution in [0.3, 0.4) is 0 Å². The molecule has 0 N–H and O–H groups in total. The zero-order valence-corrected chi connectivity index (χ0v) is 16.2. The molecule has 0 spiro atoms. The second kappa shape index (κ2) is 6.79. The first-order chi connectivity index (χ1) is 12.4. The maximum atomic E-state index is 12.7. The molecule has 4 rings (SSSR count). The smallest absolute Gasteiger partial charge is 0.227 e. The molecule has 0 aliphatic carbocycles. The summed E-state index contributed by atoms with van der Waals surface area (Å²) in [5, 5.41) is 0.786. The molecule has 1 aromatic heterocycles. The Balaban J connectivity index is 1.55. The first-order valence-corrected chi connectivity index (χ1v) is 11.4. The number of para-hydroxylation sites is 1. The molecule has 0 bridgehead atoms. The number of fused-ring (bicyclic) bond motifs is 1. The van der Waals surface area contributed by atoms with Crippen LogP contribution < -0.4 is 4.90 Å². The molecular formula is C17H21N3O4S2. The first kappa shape index (κ1) is 17.7. The number of carbonyl (C=O) groups excluding carboxylic acids is 1. The Morgan fingerprint density at radius 1 is 1.27 bits per heavy atom. The van der Waals surface area contributed by atoms with Crippen molar-refractivity contribution in [1.29, 1.82) is 0 Å². The summed E-state index contributed by atoms with van der Waals surface area (Å²) in [6, 6.07) is 5.23. The Hall–Kier alpha value is -1.71. The van der Waals surface area contributed by atoms with Crippen molar-refractivity contribution in [3.05, 3.63) is 18.2 Å². The van der Waals surface area contributed by atoms with Crippen LogP contribution in [-0.4, -0.2) is 69.9 Å². The van der Waals surface area contributed by atoms with E-state index in [9.17, 15) is 13.2 Å². The number of sulfone groups is 1. The third kappa shape index (κ3) is 3.30. The van der Waals surface area contributed by atoms with E-state index in [1.165, 1.54) is 17.6 Å². The van der Waals surface area contributed by atoms with Gasteiger partial charge in [0.2, 0.25) is 5.91 Å². The Bertz CT molecular complexity index is 935. The highest BCUT2D eigenvalue weighted by atomic mass is 32.2. The SMILES string of the molecule is CS(=O)(=O)c1cccc2sc(N3CCC(C(=O)N4CCOCC4)C3)nc12. The summed E-state index contributed by atoms with van der Waals surface area (Å²) in [5.74, 6) is 0.156. The number of hydrogen-bond donors (Lipinski definition) is 0. The van der Waals surface area contributed by atoms with Crippen molar-refractivity contribution in [2.24, 2.45) is 5.92 Å². The summed E-state index contributed by atoms with van der Waals surface area (Å²) >= 11 is 1.48. The van der Waals surface area contributed by atoms with Crippen molar-refractivity contribution in [3.63, 3.8) is 0 Å². The van der Waals surface area contributed by atoms with Crippen molar-refractivity contribution in [1.82, 2.24) is 9.88 Å². The fourth-order valence-corrected chi connectivity index (χ4v) is 5.45. The zero-order valence-electron chi connectivity index (χ0n) is 14.6. The average molecular weight is 396 g/mol. The van der Waals surface area contributed by atoms with Gasteiger partial charge in [-0.05, 0) is 18.6 Å². The maximum Gasteiger partial charge on any atom is 0.227 e. The van der Waals surface area contributed by atoms with Crippen LogP contribution in [0, 0.1) is 5.92 Å². The molecule has 2 fully saturated rings. The molecule has 1 amide bonds. The number of rotatable bonds is 3. The molecule has 0 radical (unpaired) electrons. The number of benzene rings is 1. The van der Waals surface area contributed by atoms with Gasteiger partial charge in [0.25, 0.3) is 0 Å². The predicted octanol–water partition coefficient (Wildman–Crippen LogP) is 1.38. The molecule has 3 heterocycles. The number of hydrogen-bond acceptors (Lipinski definition) is 7. The number of ether oxygens (including phenoxy) is 1. The van der Waals surface area contributed by atoms with Crippen molar-refractivity contribution in [2.75, 3.05) is 50.5 Å². The van der Waals surface area contributed by atoms with Gasteiger partial charge in [0, 0.05) is 32.4 Å². The maximum absolute atomic E-state index is 12.7. The number of amides is 1. The molecular weight excluding hydrogens is 374 g/mol. The molecule has 7 nitrogen and oxygen atoms in total. The number of carbonyl (C=O) groups is 1. The summed E-state index contributed by atoms with van der Waals surface area (Å²) in [5.41, 5.74) is 0.526. The summed E-state index contributed by atoms with van der Waals surface area (Å²) < 4.78 is 30.1. The monoisotopic (exact) mass is 395 g/mol. The van der Waals surface area contributed by atoms with Crippen LogP contribution in [0.25, 0.3) is 10.2 Å². The highest BCUT2D eigenvalue weighted by Gasteiger charge is 2.33. The minimum Gasteiger partial charge on any atom is -0.378 e. The quantitative estimate of drug-likeness (QED) is 0.781. The second-order valence-electron chi connectivity index (χ2n) is 6.74. The van der Waals surface area contributed by atoms with Gasteiger partial charge in [-0.2, -0.15) is 0 Å². The molecule has 2 aliphatic heterocycles. The van der Waals surface area contributed by atoms with Gasteiger partial charge in [0.1, 0.15) is 5.52 Å². The topological polar surface area (TPSA) is 79.8 Å². The summed E-state index contributed by atoms with van der Waals surface area (Å²) in [6.07, 6.45) is 2.00. The molecule has 1 unspecified atom stereocenters. The molecule has 2 aliphatic rings. The lowest BCUT2D eigenvalue weighted by molar-refractivity contribution is -0.138. The van der Waals surface area contributed by atoms with Crippen LogP contribution in [0.4, 0.5) is 5.13 Å².